The minimum atomic E-state index is -3.87. The lowest BCUT2D eigenvalue weighted by molar-refractivity contribution is 0.227. The molecule has 0 saturated heterocycles. The van der Waals surface area contributed by atoms with Gasteiger partial charge in [-0.1, -0.05) is 18.2 Å². The van der Waals surface area contributed by atoms with Crippen LogP contribution in [0.1, 0.15) is 6.92 Å². The third kappa shape index (κ3) is 4.22. The summed E-state index contributed by atoms with van der Waals surface area (Å²) in [4.78, 5) is 0. The molecule has 1 aromatic rings. The van der Waals surface area contributed by atoms with Crippen LogP contribution in [-0.4, -0.2) is 15.0 Å². The SMILES string of the molecule is CCOC(N)=CS(=O)(=O)Oc1ccccc1. The molecule has 2 N–H and O–H groups in total. The Bertz CT molecular complexity index is 453. The molecule has 16 heavy (non-hydrogen) atoms. The van der Waals surface area contributed by atoms with Gasteiger partial charge in [0.2, 0.25) is 0 Å². The zero-order chi connectivity index (χ0) is 12.0. The van der Waals surface area contributed by atoms with Gasteiger partial charge in [-0.05, 0) is 19.1 Å². The molecule has 0 spiro atoms. The number of benzene rings is 1. The largest absolute Gasteiger partial charge is 0.479 e. The standard InChI is InChI=1S/C10H13NO4S/c1-2-14-10(11)8-16(12,13)15-9-6-4-3-5-7-9/h3-8H,2,11H2,1H3. The van der Waals surface area contributed by atoms with Gasteiger partial charge in [0.15, 0.2) is 5.88 Å². The highest BCUT2D eigenvalue weighted by Crippen LogP contribution is 2.12. The number of ether oxygens (including phenoxy) is 1. The number of nitrogens with two attached hydrogens (primary N) is 1. The second kappa shape index (κ2) is 5.41. The second-order valence-electron chi connectivity index (χ2n) is 2.84. The van der Waals surface area contributed by atoms with Gasteiger partial charge in [0.05, 0.1) is 6.61 Å². The summed E-state index contributed by atoms with van der Waals surface area (Å²) in [6.45, 7) is 1.99. The minimum absolute atomic E-state index is 0.196. The Kier molecular flexibility index (Phi) is 4.19. The van der Waals surface area contributed by atoms with E-state index in [0.29, 0.717) is 6.61 Å². The molecular weight excluding hydrogens is 230 g/mol. The van der Waals surface area contributed by atoms with E-state index >= 15 is 0 Å². The monoisotopic (exact) mass is 243 g/mol. The van der Waals surface area contributed by atoms with E-state index in [2.05, 4.69) is 0 Å². The van der Waals surface area contributed by atoms with E-state index in [1.54, 1.807) is 25.1 Å². The first-order chi connectivity index (χ1) is 7.53. The van der Waals surface area contributed by atoms with E-state index in [1.807, 2.05) is 0 Å². The van der Waals surface area contributed by atoms with Crippen LogP contribution in [0.4, 0.5) is 0 Å². The van der Waals surface area contributed by atoms with Crippen molar-refractivity contribution in [2.75, 3.05) is 6.61 Å². The number of rotatable bonds is 5. The van der Waals surface area contributed by atoms with E-state index in [4.69, 9.17) is 14.7 Å². The molecule has 0 saturated carbocycles. The molecule has 0 unspecified atom stereocenters. The Morgan fingerprint density at radius 1 is 1.38 bits per heavy atom. The molecule has 0 aliphatic heterocycles. The van der Waals surface area contributed by atoms with Crippen LogP contribution in [0.15, 0.2) is 41.6 Å². The van der Waals surface area contributed by atoms with Gasteiger partial charge in [-0.25, -0.2) is 0 Å². The van der Waals surface area contributed by atoms with Crippen LogP contribution in [0, 0.1) is 0 Å². The summed E-state index contributed by atoms with van der Waals surface area (Å²) in [5.74, 6) is 0.0291. The highest BCUT2D eigenvalue weighted by atomic mass is 32.2. The Morgan fingerprint density at radius 2 is 2.00 bits per heavy atom. The molecule has 0 heterocycles. The first-order valence-electron chi connectivity index (χ1n) is 4.63. The molecule has 6 heteroatoms. The molecule has 0 aliphatic carbocycles. The highest BCUT2D eigenvalue weighted by Gasteiger charge is 2.10. The fourth-order valence-corrected chi connectivity index (χ4v) is 1.76. The first-order valence-corrected chi connectivity index (χ1v) is 6.10. The summed E-state index contributed by atoms with van der Waals surface area (Å²) < 4.78 is 32.4. The maximum absolute atomic E-state index is 11.4. The van der Waals surface area contributed by atoms with Crippen molar-refractivity contribution < 1.29 is 17.3 Å². The molecule has 0 amide bonds. The molecule has 1 rings (SSSR count). The van der Waals surface area contributed by atoms with E-state index in [1.165, 1.54) is 12.1 Å². The van der Waals surface area contributed by atoms with Crippen LogP contribution in [0.25, 0.3) is 0 Å². The normalized spacial score (nSPS) is 12.2. The molecule has 88 valence electrons. The lowest BCUT2D eigenvalue weighted by Gasteiger charge is -2.04. The summed E-state index contributed by atoms with van der Waals surface area (Å²) in [6.07, 6.45) is 0. The fraction of sp³-hybridized carbons (Fsp3) is 0.200. The van der Waals surface area contributed by atoms with E-state index in [9.17, 15) is 8.42 Å². The van der Waals surface area contributed by atoms with Crippen LogP contribution in [0.5, 0.6) is 5.75 Å². The van der Waals surface area contributed by atoms with Gasteiger partial charge in [-0.2, -0.15) is 8.42 Å². The predicted octanol–water partition coefficient (Wildman–Crippen LogP) is 1.19. The van der Waals surface area contributed by atoms with Gasteiger partial charge < -0.3 is 14.7 Å². The summed E-state index contributed by atoms with van der Waals surface area (Å²) >= 11 is 0. The van der Waals surface area contributed by atoms with Crippen molar-refractivity contribution in [1.82, 2.24) is 0 Å². The van der Waals surface area contributed by atoms with Gasteiger partial charge in [-0.3, -0.25) is 0 Å². The van der Waals surface area contributed by atoms with E-state index < -0.39 is 10.1 Å². The number of hydrogen-bond acceptors (Lipinski definition) is 5. The maximum atomic E-state index is 11.4. The van der Waals surface area contributed by atoms with Gasteiger partial charge in [-0.15, -0.1) is 0 Å². The Balaban J connectivity index is 2.77. The van der Waals surface area contributed by atoms with Crippen LogP contribution in [-0.2, 0) is 14.9 Å². The molecule has 0 radical (unpaired) electrons. The quantitative estimate of drug-likeness (QED) is 0.620. The fourth-order valence-electron chi connectivity index (χ4n) is 0.977. The highest BCUT2D eigenvalue weighted by molar-refractivity contribution is 7.90. The molecule has 0 aromatic heterocycles. The lowest BCUT2D eigenvalue weighted by atomic mass is 10.3. The van der Waals surface area contributed by atoms with Gasteiger partial charge in [0.25, 0.3) is 0 Å². The van der Waals surface area contributed by atoms with Gasteiger partial charge in [0.1, 0.15) is 11.2 Å². The topological polar surface area (TPSA) is 78.6 Å². The molecular formula is C10H13NO4S. The van der Waals surface area contributed by atoms with Crippen LogP contribution in [0.3, 0.4) is 0 Å². The third-order valence-corrected chi connectivity index (χ3v) is 2.47. The van der Waals surface area contributed by atoms with Crippen molar-refractivity contribution in [3.8, 4) is 5.75 Å². The molecule has 0 bridgehead atoms. The van der Waals surface area contributed by atoms with E-state index in [-0.39, 0.29) is 11.6 Å². The average Bonchev–Trinajstić information content (AvgIpc) is 2.17. The summed E-state index contributed by atoms with van der Waals surface area (Å²) in [5, 5.41) is 0.740. The Morgan fingerprint density at radius 3 is 2.56 bits per heavy atom. The third-order valence-electron chi connectivity index (χ3n) is 1.53. The van der Waals surface area contributed by atoms with Crippen molar-refractivity contribution in [3.63, 3.8) is 0 Å². The van der Waals surface area contributed by atoms with Crippen molar-refractivity contribution >= 4 is 10.1 Å². The Hall–Kier alpha value is -1.69. The molecule has 0 fully saturated rings. The van der Waals surface area contributed by atoms with Gasteiger partial charge >= 0.3 is 10.1 Å². The van der Waals surface area contributed by atoms with Gasteiger partial charge in [0, 0.05) is 0 Å². The van der Waals surface area contributed by atoms with Crippen molar-refractivity contribution in [1.29, 1.82) is 0 Å². The van der Waals surface area contributed by atoms with E-state index in [0.717, 1.165) is 5.41 Å². The van der Waals surface area contributed by atoms with Crippen molar-refractivity contribution in [3.05, 3.63) is 41.6 Å². The predicted molar refractivity (Wildman–Crippen MR) is 59.9 cm³/mol. The first kappa shape index (κ1) is 12.4. The molecule has 0 atom stereocenters. The number of hydrogen-bond donors (Lipinski definition) is 1. The van der Waals surface area contributed by atoms with Crippen molar-refractivity contribution in [2.24, 2.45) is 5.73 Å². The molecule has 0 aliphatic rings. The number of para-hydroxylation sites is 1. The van der Waals surface area contributed by atoms with Crippen LogP contribution >= 0.6 is 0 Å². The summed E-state index contributed by atoms with van der Waals surface area (Å²) in [7, 11) is -3.87. The second-order valence-corrected chi connectivity index (χ2v) is 4.23. The zero-order valence-electron chi connectivity index (χ0n) is 8.79. The summed E-state index contributed by atoms with van der Waals surface area (Å²) in [5.41, 5.74) is 5.30. The zero-order valence-corrected chi connectivity index (χ0v) is 9.61. The van der Waals surface area contributed by atoms with Crippen LogP contribution < -0.4 is 9.92 Å². The Labute approximate surface area is 94.6 Å². The minimum Gasteiger partial charge on any atom is -0.479 e. The maximum Gasteiger partial charge on any atom is 0.337 e. The van der Waals surface area contributed by atoms with Crippen LogP contribution in [0.2, 0.25) is 0 Å². The molecule has 5 nitrogen and oxygen atoms in total. The average molecular weight is 243 g/mol. The summed E-state index contributed by atoms with van der Waals surface area (Å²) in [6, 6.07) is 8.15. The molecule has 1 aromatic carbocycles. The smallest absolute Gasteiger partial charge is 0.337 e. The van der Waals surface area contributed by atoms with Crippen molar-refractivity contribution in [2.45, 2.75) is 6.92 Å². The lowest BCUT2D eigenvalue weighted by Crippen LogP contribution is -2.11.